The Morgan fingerprint density at radius 3 is 1.89 bits per heavy atom. The van der Waals surface area contributed by atoms with Gasteiger partial charge in [-0.3, -0.25) is 4.79 Å². The predicted molar refractivity (Wildman–Crippen MR) is 208 cm³/mol. The van der Waals surface area contributed by atoms with Crippen LogP contribution in [-0.2, 0) is 61.6 Å². The highest BCUT2D eigenvalue weighted by atomic mass is 16.8. The molecule has 1 aromatic rings. The lowest BCUT2D eigenvalue weighted by Gasteiger charge is -2.49. The van der Waals surface area contributed by atoms with Gasteiger partial charge in [-0.15, -0.1) is 0 Å². The molecule has 0 bridgehead atoms. The molecular formula is C43H66O14. The summed E-state index contributed by atoms with van der Waals surface area (Å²) < 4.78 is 73.0. The summed E-state index contributed by atoms with van der Waals surface area (Å²) in [7, 11) is 2.87. The second kappa shape index (κ2) is 23.2. The lowest BCUT2D eigenvalue weighted by atomic mass is 9.97. The number of rotatable bonds is 20. The molecular weight excluding hydrogens is 740 g/mol. The molecule has 0 aromatic heterocycles. The SMILES string of the molecule is CCCCCCCCCCCC1OCC2O[C@H](OC)C(OC(=O)O[C@@H]3C(OC(=O)C(C)C)[C@@H](OC)OC4COC(/C=C/c5ccccc5)O[C@H]43)[C@@H](OC(C)C)[C@@H]2O1. The maximum Gasteiger partial charge on any atom is 0.509 e. The van der Waals surface area contributed by atoms with Gasteiger partial charge in [-0.2, -0.15) is 0 Å². The van der Waals surface area contributed by atoms with Crippen LogP contribution in [0.5, 0.6) is 0 Å². The Morgan fingerprint density at radius 1 is 0.702 bits per heavy atom. The standard InChI is InChI=1S/C43H66O14/c1-8-9-10-11-12-13-14-15-19-22-32-48-25-30-34(53-32)36(50-28(4)5)39(42(47-7)52-30)57-43(45)56-37-35-31(51-41(46-6)38(37)55-40(44)27(2)3)26-49-33(54-35)24-23-29-20-17-16-18-21-29/h16-18,20-21,23-24,27-28,30-39,41-42H,8-15,19,22,25-26H2,1-7H3/b24-23+/t30?,31?,32?,33?,34-,35-,36+,37+,38?,39?,41+,42+/m1/s1. The second-order valence-corrected chi connectivity index (χ2v) is 15.7. The van der Waals surface area contributed by atoms with Crippen LogP contribution in [0.4, 0.5) is 4.79 Å². The first-order valence-electron chi connectivity index (χ1n) is 21.0. The van der Waals surface area contributed by atoms with E-state index in [1.165, 1.54) is 59.2 Å². The van der Waals surface area contributed by atoms with Gasteiger partial charge in [0.2, 0.25) is 0 Å². The van der Waals surface area contributed by atoms with E-state index in [9.17, 15) is 9.59 Å². The summed E-state index contributed by atoms with van der Waals surface area (Å²) in [6.07, 6.45) is 3.42. The fourth-order valence-electron chi connectivity index (χ4n) is 7.54. The Morgan fingerprint density at radius 2 is 1.28 bits per heavy atom. The van der Waals surface area contributed by atoms with Crippen LogP contribution in [-0.4, -0.2) is 120 Å². The van der Waals surface area contributed by atoms with Crippen LogP contribution in [0.15, 0.2) is 36.4 Å². The predicted octanol–water partition coefficient (Wildman–Crippen LogP) is 7.10. The minimum Gasteiger partial charge on any atom is -0.453 e. The number of esters is 1. The molecule has 5 rings (SSSR count). The summed E-state index contributed by atoms with van der Waals surface area (Å²) >= 11 is 0. The van der Waals surface area contributed by atoms with Gasteiger partial charge in [-0.25, -0.2) is 4.79 Å². The van der Waals surface area contributed by atoms with Crippen molar-refractivity contribution < 1.29 is 66.4 Å². The van der Waals surface area contributed by atoms with Crippen LogP contribution in [0.1, 0.15) is 104 Å². The molecule has 57 heavy (non-hydrogen) atoms. The fraction of sp³-hybridized carbons (Fsp3) is 0.767. The summed E-state index contributed by atoms with van der Waals surface area (Å²) in [6.45, 7) is 9.78. The second-order valence-electron chi connectivity index (χ2n) is 15.7. The Balaban J connectivity index is 1.29. The van der Waals surface area contributed by atoms with Gasteiger partial charge in [0.25, 0.3) is 0 Å². The van der Waals surface area contributed by atoms with Gasteiger partial charge < -0.3 is 56.8 Å². The molecule has 4 aliphatic heterocycles. The molecule has 6 unspecified atom stereocenters. The van der Waals surface area contributed by atoms with E-state index in [1.54, 1.807) is 19.9 Å². The molecule has 322 valence electrons. The molecule has 14 nitrogen and oxygen atoms in total. The molecule has 0 amide bonds. The normalized spacial score (nSPS) is 32.9. The number of carbonyl (C=O) groups excluding carboxylic acids is 2. The number of carbonyl (C=O) groups is 2. The first-order chi connectivity index (χ1) is 27.6. The van der Waals surface area contributed by atoms with Crippen LogP contribution in [0.3, 0.4) is 0 Å². The minimum absolute atomic E-state index is 0.0866. The van der Waals surface area contributed by atoms with E-state index >= 15 is 0 Å². The van der Waals surface area contributed by atoms with Crippen molar-refractivity contribution in [1.82, 2.24) is 0 Å². The van der Waals surface area contributed by atoms with Crippen LogP contribution < -0.4 is 0 Å². The molecule has 12 atom stereocenters. The van der Waals surface area contributed by atoms with Gasteiger partial charge >= 0.3 is 12.1 Å². The van der Waals surface area contributed by atoms with Crippen molar-refractivity contribution in [2.75, 3.05) is 27.4 Å². The molecule has 4 saturated heterocycles. The summed E-state index contributed by atoms with van der Waals surface area (Å²) in [5, 5.41) is 0. The Bertz CT molecular complexity index is 1360. The van der Waals surface area contributed by atoms with Gasteiger partial charge in [-0.1, -0.05) is 109 Å². The topological polar surface area (TPSA) is 145 Å². The third-order valence-corrected chi connectivity index (χ3v) is 10.5. The van der Waals surface area contributed by atoms with Gasteiger partial charge in [0.05, 0.1) is 25.2 Å². The molecule has 1 aromatic carbocycles. The fourth-order valence-corrected chi connectivity index (χ4v) is 7.54. The average molecular weight is 807 g/mol. The smallest absolute Gasteiger partial charge is 0.453 e. The van der Waals surface area contributed by atoms with Gasteiger partial charge in [0.1, 0.15) is 30.5 Å². The molecule has 4 aliphatic rings. The van der Waals surface area contributed by atoms with Crippen molar-refractivity contribution in [3.63, 3.8) is 0 Å². The number of fused-ring (bicyclic) bond motifs is 2. The number of benzene rings is 1. The number of methoxy groups -OCH3 is 2. The number of ether oxygens (including phenoxy) is 12. The number of hydrogen-bond donors (Lipinski definition) is 0. The van der Waals surface area contributed by atoms with Gasteiger partial charge in [-0.05, 0) is 38.3 Å². The average Bonchev–Trinajstić information content (AvgIpc) is 3.20. The molecule has 14 heteroatoms. The van der Waals surface area contributed by atoms with E-state index < -0.39 is 92.0 Å². The van der Waals surface area contributed by atoms with Gasteiger partial charge in [0.15, 0.2) is 43.5 Å². The van der Waals surface area contributed by atoms with E-state index in [0.29, 0.717) is 0 Å². The molecule has 0 aliphatic carbocycles. The van der Waals surface area contributed by atoms with Crippen molar-refractivity contribution in [2.24, 2.45) is 5.92 Å². The van der Waals surface area contributed by atoms with Crippen molar-refractivity contribution >= 4 is 18.2 Å². The third-order valence-electron chi connectivity index (χ3n) is 10.5. The van der Waals surface area contributed by atoms with Gasteiger partial charge in [0, 0.05) is 14.2 Å². The van der Waals surface area contributed by atoms with E-state index in [4.69, 9.17) is 56.8 Å². The summed E-state index contributed by atoms with van der Waals surface area (Å²) in [5.74, 6) is -1.03. The Kier molecular flexibility index (Phi) is 18.5. The Labute approximate surface area is 338 Å². The number of unbranched alkanes of at least 4 members (excludes halogenated alkanes) is 8. The Hall–Kier alpha value is -2.66. The van der Waals surface area contributed by atoms with E-state index in [2.05, 4.69) is 6.92 Å². The van der Waals surface area contributed by atoms with Crippen LogP contribution in [0.2, 0.25) is 0 Å². The highest BCUT2D eigenvalue weighted by Crippen LogP contribution is 2.36. The zero-order valence-electron chi connectivity index (χ0n) is 34.8. The first kappa shape index (κ1) is 45.4. The van der Waals surface area contributed by atoms with Crippen LogP contribution in [0.25, 0.3) is 6.08 Å². The van der Waals surface area contributed by atoms with Crippen LogP contribution in [0, 0.1) is 5.92 Å². The van der Waals surface area contributed by atoms with Crippen molar-refractivity contribution in [3.8, 4) is 0 Å². The molecule has 0 saturated carbocycles. The minimum atomic E-state index is -1.22. The highest BCUT2D eigenvalue weighted by Gasteiger charge is 2.56. The summed E-state index contributed by atoms with van der Waals surface area (Å²) in [4.78, 5) is 27.0. The number of hydrogen-bond acceptors (Lipinski definition) is 14. The lowest BCUT2D eigenvalue weighted by molar-refractivity contribution is -0.366. The van der Waals surface area contributed by atoms with Crippen molar-refractivity contribution in [3.05, 3.63) is 42.0 Å². The van der Waals surface area contributed by atoms with E-state index in [0.717, 1.165) is 24.8 Å². The summed E-state index contributed by atoms with van der Waals surface area (Å²) in [6, 6.07) is 9.67. The maximum absolute atomic E-state index is 14.0. The van der Waals surface area contributed by atoms with Crippen molar-refractivity contribution in [1.29, 1.82) is 0 Å². The third kappa shape index (κ3) is 13.2. The molecule has 4 heterocycles. The quantitative estimate of drug-likeness (QED) is 0.0976. The first-order valence-corrected chi connectivity index (χ1v) is 21.0. The highest BCUT2D eigenvalue weighted by molar-refractivity contribution is 5.72. The molecule has 0 N–H and O–H groups in total. The zero-order chi connectivity index (χ0) is 40.7. The molecule has 0 radical (unpaired) electrons. The van der Waals surface area contributed by atoms with Crippen molar-refractivity contribution in [2.45, 2.75) is 179 Å². The van der Waals surface area contributed by atoms with E-state index in [-0.39, 0.29) is 19.3 Å². The molecule has 4 fully saturated rings. The largest absolute Gasteiger partial charge is 0.509 e. The van der Waals surface area contributed by atoms with E-state index in [1.807, 2.05) is 50.3 Å². The zero-order valence-corrected chi connectivity index (χ0v) is 34.8. The maximum atomic E-state index is 14.0. The monoisotopic (exact) mass is 806 g/mol. The van der Waals surface area contributed by atoms with Crippen LogP contribution >= 0.6 is 0 Å². The molecule has 0 spiro atoms. The summed E-state index contributed by atoms with van der Waals surface area (Å²) in [5.41, 5.74) is 0.942. The lowest BCUT2D eigenvalue weighted by Crippen LogP contribution is -2.66.